The molecule has 0 aliphatic rings. The van der Waals surface area contributed by atoms with E-state index in [4.69, 9.17) is 14.2 Å². The Morgan fingerprint density at radius 2 is 1.68 bits per heavy atom. The van der Waals surface area contributed by atoms with Crippen molar-refractivity contribution in [1.82, 2.24) is 0 Å². The molecule has 1 atom stereocenters. The lowest BCUT2D eigenvalue weighted by Gasteiger charge is -2.14. The van der Waals surface area contributed by atoms with E-state index >= 15 is 0 Å². The van der Waals surface area contributed by atoms with Crippen LogP contribution in [0.5, 0.6) is 11.5 Å². The van der Waals surface area contributed by atoms with Gasteiger partial charge in [-0.1, -0.05) is 0 Å². The fourth-order valence-electron chi connectivity index (χ4n) is 1.76. The topological polar surface area (TPSA) is 44.8 Å². The molecule has 0 amide bonds. The number of carbonyl (C=O) groups is 1. The van der Waals surface area contributed by atoms with Gasteiger partial charge in [-0.15, -0.1) is 0 Å². The summed E-state index contributed by atoms with van der Waals surface area (Å²) < 4.78 is 16.3. The molecule has 1 aromatic carbocycles. The maximum atomic E-state index is 12.1. The number of hydrogen-bond donors (Lipinski definition) is 0. The maximum Gasteiger partial charge on any atom is 0.191 e. The molecule has 0 saturated heterocycles. The number of Topliss-reactive ketones (excluding diaryl/α,β-unsaturated/α-hetero) is 1. The van der Waals surface area contributed by atoms with Crippen LogP contribution in [0.25, 0.3) is 0 Å². The molecule has 0 fully saturated rings. The van der Waals surface area contributed by atoms with Crippen LogP contribution in [-0.4, -0.2) is 31.7 Å². The summed E-state index contributed by atoms with van der Waals surface area (Å²) in [6.45, 7) is 9.03. The SMILES string of the molecule is CCOc1ccc(C(=O)C(C)OCC)cc1OCC. The Labute approximate surface area is 114 Å². The molecule has 1 rings (SSSR count). The van der Waals surface area contributed by atoms with E-state index in [1.165, 1.54) is 0 Å². The van der Waals surface area contributed by atoms with Crippen LogP contribution in [0, 0.1) is 0 Å². The molecule has 0 heterocycles. The van der Waals surface area contributed by atoms with Crippen molar-refractivity contribution in [3.63, 3.8) is 0 Å². The standard InChI is InChI=1S/C15H22O4/c1-5-17-11(4)15(16)12-8-9-13(18-6-2)14(10-12)19-7-3/h8-11H,5-7H2,1-4H3. The van der Waals surface area contributed by atoms with Gasteiger partial charge in [0.25, 0.3) is 0 Å². The highest BCUT2D eigenvalue weighted by Gasteiger charge is 2.17. The highest BCUT2D eigenvalue weighted by Crippen LogP contribution is 2.29. The molecule has 0 aliphatic heterocycles. The van der Waals surface area contributed by atoms with Crippen LogP contribution >= 0.6 is 0 Å². The molecule has 0 saturated carbocycles. The molecular weight excluding hydrogens is 244 g/mol. The molecule has 106 valence electrons. The number of ketones is 1. The zero-order valence-electron chi connectivity index (χ0n) is 12.1. The van der Waals surface area contributed by atoms with E-state index < -0.39 is 6.10 Å². The highest BCUT2D eigenvalue weighted by atomic mass is 16.5. The molecule has 0 aromatic heterocycles. The van der Waals surface area contributed by atoms with Crippen molar-refractivity contribution in [2.75, 3.05) is 19.8 Å². The van der Waals surface area contributed by atoms with E-state index in [0.29, 0.717) is 36.9 Å². The Kier molecular flexibility index (Phi) is 6.36. The summed E-state index contributed by atoms with van der Waals surface area (Å²) in [5, 5.41) is 0. The van der Waals surface area contributed by atoms with Gasteiger partial charge in [-0.05, 0) is 45.9 Å². The summed E-state index contributed by atoms with van der Waals surface area (Å²) in [6.07, 6.45) is -0.447. The highest BCUT2D eigenvalue weighted by molar-refractivity contribution is 5.99. The molecule has 4 nitrogen and oxygen atoms in total. The van der Waals surface area contributed by atoms with Gasteiger partial charge in [-0.25, -0.2) is 0 Å². The average molecular weight is 266 g/mol. The van der Waals surface area contributed by atoms with Crippen molar-refractivity contribution >= 4 is 5.78 Å². The third-order valence-corrected chi connectivity index (χ3v) is 2.61. The first-order valence-electron chi connectivity index (χ1n) is 6.69. The first-order chi connectivity index (χ1) is 9.13. The lowest BCUT2D eigenvalue weighted by molar-refractivity contribution is 0.0520. The van der Waals surface area contributed by atoms with E-state index in [1.54, 1.807) is 25.1 Å². The van der Waals surface area contributed by atoms with Gasteiger partial charge in [0.15, 0.2) is 17.3 Å². The quantitative estimate of drug-likeness (QED) is 0.678. The van der Waals surface area contributed by atoms with Crippen molar-refractivity contribution in [3.05, 3.63) is 23.8 Å². The van der Waals surface area contributed by atoms with Crippen molar-refractivity contribution in [1.29, 1.82) is 0 Å². The monoisotopic (exact) mass is 266 g/mol. The lowest BCUT2D eigenvalue weighted by atomic mass is 10.1. The fourth-order valence-corrected chi connectivity index (χ4v) is 1.76. The molecule has 19 heavy (non-hydrogen) atoms. The van der Waals surface area contributed by atoms with Crippen molar-refractivity contribution < 1.29 is 19.0 Å². The van der Waals surface area contributed by atoms with Gasteiger partial charge in [0, 0.05) is 12.2 Å². The Morgan fingerprint density at radius 3 is 2.26 bits per heavy atom. The number of hydrogen-bond acceptors (Lipinski definition) is 4. The van der Waals surface area contributed by atoms with Crippen molar-refractivity contribution in [3.8, 4) is 11.5 Å². The third kappa shape index (κ3) is 4.24. The second kappa shape index (κ2) is 7.79. The van der Waals surface area contributed by atoms with Gasteiger partial charge in [0.1, 0.15) is 6.10 Å². The lowest BCUT2D eigenvalue weighted by Crippen LogP contribution is -2.20. The predicted molar refractivity (Wildman–Crippen MR) is 74.2 cm³/mol. The van der Waals surface area contributed by atoms with Gasteiger partial charge in [-0.2, -0.15) is 0 Å². The minimum absolute atomic E-state index is 0.0501. The van der Waals surface area contributed by atoms with Crippen LogP contribution < -0.4 is 9.47 Å². The van der Waals surface area contributed by atoms with E-state index in [0.717, 1.165) is 0 Å². The molecule has 0 N–H and O–H groups in total. The van der Waals surface area contributed by atoms with Crippen LogP contribution in [0.4, 0.5) is 0 Å². The first-order valence-corrected chi connectivity index (χ1v) is 6.69. The molecule has 0 bridgehead atoms. The molecule has 0 spiro atoms. The molecule has 0 radical (unpaired) electrons. The molecule has 0 aliphatic carbocycles. The van der Waals surface area contributed by atoms with Crippen LogP contribution in [-0.2, 0) is 4.74 Å². The molecule has 1 unspecified atom stereocenters. The second-order valence-corrected chi connectivity index (χ2v) is 3.99. The summed E-state index contributed by atoms with van der Waals surface area (Å²) in [4.78, 5) is 12.1. The summed E-state index contributed by atoms with van der Waals surface area (Å²) in [7, 11) is 0. The van der Waals surface area contributed by atoms with E-state index in [1.807, 2.05) is 20.8 Å². The first kappa shape index (κ1) is 15.5. The number of carbonyl (C=O) groups excluding carboxylic acids is 1. The van der Waals surface area contributed by atoms with Gasteiger partial charge in [0.2, 0.25) is 0 Å². The van der Waals surface area contributed by atoms with Crippen LogP contribution in [0.1, 0.15) is 38.1 Å². The number of benzene rings is 1. The van der Waals surface area contributed by atoms with Crippen LogP contribution in [0.2, 0.25) is 0 Å². The van der Waals surface area contributed by atoms with E-state index in [-0.39, 0.29) is 5.78 Å². The largest absolute Gasteiger partial charge is 0.490 e. The number of rotatable bonds is 8. The maximum absolute atomic E-state index is 12.1. The summed E-state index contributed by atoms with van der Waals surface area (Å²) >= 11 is 0. The Bertz CT molecular complexity index is 415. The zero-order chi connectivity index (χ0) is 14.3. The van der Waals surface area contributed by atoms with E-state index in [9.17, 15) is 4.79 Å². The average Bonchev–Trinajstić information content (AvgIpc) is 2.40. The molecule has 1 aromatic rings. The second-order valence-electron chi connectivity index (χ2n) is 3.99. The molecule has 4 heteroatoms. The summed E-state index contributed by atoms with van der Waals surface area (Å²) in [5.41, 5.74) is 0.577. The Morgan fingerprint density at radius 1 is 1.05 bits per heavy atom. The summed E-state index contributed by atoms with van der Waals surface area (Å²) in [5.74, 6) is 1.20. The Hall–Kier alpha value is -1.55. The van der Waals surface area contributed by atoms with E-state index in [2.05, 4.69) is 0 Å². The molecular formula is C15H22O4. The fraction of sp³-hybridized carbons (Fsp3) is 0.533. The van der Waals surface area contributed by atoms with Gasteiger partial charge < -0.3 is 14.2 Å². The van der Waals surface area contributed by atoms with Gasteiger partial charge in [-0.3, -0.25) is 4.79 Å². The van der Waals surface area contributed by atoms with Crippen molar-refractivity contribution in [2.24, 2.45) is 0 Å². The zero-order valence-corrected chi connectivity index (χ0v) is 12.1. The smallest absolute Gasteiger partial charge is 0.191 e. The third-order valence-electron chi connectivity index (χ3n) is 2.61. The van der Waals surface area contributed by atoms with Crippen LogP contribution in [0.3, 0.4) is 0 Å². The number of ether oxygens (including phenoxy) is 3. The van der Waals surface area contributed by atoms with Crippen LogP contribution in [0.15, 0.2) is 18.2 Å². The minimum Gasteiger partial charge on any atom is -0.490 e. The minimum atomic E-state index is -0.447. The normalized spacial score (nSPS) is 12.0. The predicted octanol–water partition coefficient (Wildman–Crippen LogP) is 3.09. The van der Waals surface area contributed by atoms with Gasteiger partial charge in [0.05, 0.1) is 13.2 Å². The van der Waals surface area contributed by atoms with Crippen molar-refractivity contribution in [2.45, 2.75) is 33.8 Å². The summed E-state index contributed by atoms with van der Waals surface area (Å²) in [6, 6.07) is 5.22. The van der Waals surface area contributed by atoms with Gasteiger partial charge >= 0.3 is 0 Å². The Balaban J connectivity index is 2.96.